The fourth-order valence-corrected chi connectivity index (χ4v) is 3.20. The van der Waals surface area contributed by atoms with E-state index >= 15 is 0 Å². The van der Waals surface area contributed by atoms with E-state index in [9.17, 15) is 4.79 Å². The number of ether oxygens (including phenoxy) is 2. The lowest BCUT2D eigenvalue weighted by Crippen LogP contribution is -2.09. The number of hydrogen-bond acceptors (Lipinski definition) is 3. The fraction of sp³-hybridized carbons (Fsp3) is 0.880. The van der Waals surface area contributed by atoms with Gasteiger partial charge in [-0.25, -0.2) is 4.79 Å². The minimum Gasteiger partial charge on any atom is -0.434 e. The zero-order valence-electron chi connectivity index (χ0n) is 19.0. The van der Waals surface area contributed by atoms with E-state index in [1.165, 1.54) is 89.9 Å². The predicted octanol–water partition coefficient (Wildman–Crippen LogP) is 8.76. The number of unbranched alkanes of at least 4 members (excludes halogenated alkanes) is 15. The molecule has 0 unspecified atom stereocenters. The summed E-state index contributed by atoms with van der Waals surface area (Å²) in [5, 5.41) is 0. The Hall–Kier alpha value is -0.990. The van der Waals surface area contributed by atoms with Crippen molar-refractivity contribution in [3.8, 4) is 0 Å². The van der Waals surface area contributed by atoms with Crippen molar-refractivity contribution in [3.63, 3.8) is 0 Å². The third kappa shape index (κ3) is 23.0. The summed E-state index contributed by atoms with van der Waals surface area (Å²) in [5.41, 5.74) is 0. The maximum atomic E-state index is 11.2. The van der Waals surface area contributed by atoms with Gasteiger partial charge in [-0.1, -0.05) is 103 Å². The Kier molecular flexibility index (Phi) is 23.2. The largest absolute Gasteiger partial charge is 0.508 e. The molecule has 0 aromatic heterocycles. The van der Waals surface area contributed by atoms with Crippen LogP contribution in [0.1, 0.15) is 129 Å². The van der Waals surface area contributed by atoms with Crippen LogP contribution in [0.3, 0.4) is 0 Å². The summed E-state index contributed by atoms with van der Waals surface area (Å²) in [4.78, 5) is 11.2. The summed E-state index contributed by atoms with van der Waals surface area (Å²) in [6.07, 6.45) is 27.1. The van der Waals surface area contributed by atoms with Crippen LogP contribution in [0.15, 0.2) is 12.2 Å². The molecule has 0 N–H and O–H groups in total. The zero-order valence-corrected chi connectivity index (χ0v) is 19.0. The highest BCUT2D eigenvalue weighted by Crippen LogP contribution is 2.11. The van der Waals surface area contributed by atoms with Crippen LogP contribution in [-0.4, -0.2) is 19.4 Å². The molecule has 0 fully saturated rings. The van der Waals surface area contributed by atoms with Gasteiger partial charge in [-0.05, 0) is 38.5 Å². The fourth-order valence-electron chi connectivity index (χ4n) is 3.20. The van der Waals surface area contributed by atoms with Crippen molar-refractivity contribution in [2.45, 2.75) is 129 Å². The third-order valence-electron chi connectivity index (χ3n) is 5.09. The molecule has 0 heterocycles. The first-order chi connectivity index (χ1) is 13.8. The standard InChI is InChI=1S/C25H48O3/c1-3-5-7-8-9-10-11-12-13-14-15-16-17-18-19-20-21-22-24-28-25(26)27-23-6-4-2/h14-15H,3-13,16-24H2,1-2H3/b15-14-. The highest BCUT2D eigenvalue weighted by molar-refractivity contribution is 5.59. The SMILES string of the molecule is CCCCCCCCCC/C=C\CCCCCCCCOC(=O)OCCCC. The highest BCUT2D eigenvalue weighted by atomic mass is 16.7. The van der Waals surface area contributed by atoms with E-state index in [1.807, 2.05) is 0 Å². The molecule has 0 aromatic rings. The molecule has 28 heavy (non-hydrogen) atoms. The van der Waals surface area contributed by atoms with Crippen molar-refractivity contribution < 1.29 is 14.3 Å². The van der Waals surface area contributed by atoms with Crippen molar-refractivity contribution in [2.24, 2.45) is 0 Å². The second-order valence-electron chi connectivity index (χ2n) is 7.95. The molecule has 3 nitrogen and oxygen atoms in total. The normalized spacial score (nSPS) is 11.2. The Bertz CT molecular complexity index is 339. The number of allylic oxidation sites excluding steroid dienone is 2. The maximum absolute atomic E-state index is 11.2. The Morgan fingerprint density at radius 3 is 1.43 bits per heavy atom. The topological polar surface area (TPSA) is 35.5 Å². The summed E-state index contributed by atoms with van der Waals surface area (Å²) >= 11 is 0. The molecule has 0 saturated heterocycles. The van der Waals surface area contributed by atoms with E-state index in [-0.39, 0.29) is 0 Å². The molecule has 0 atom stereocenters. The molecular formula is C25H48O3. The Morgan fingerprint density at radius 2 is 0.929 bits per heavy atom. The van der Waals surface area contributed by atoms with Crippen molar-refractivity contribution >= 4 is 6.16 Å². The van der Waals surface area contributed by atoms with Gasteiger partial charge in [-0.15, -0.1) is 0 Å². The quantitative estimate of drug-likeness (QED) is 0.110. The van der Waals surface area contributed by atoms with Crippen LogP contribution in [-0.2, 0) is 9.47 Å². The number of hydrogen-bond donors (Lipinski definition) is 0. The van der Waals surface area contributed by atoms with Crippen LogP contribution >= 0.6 is 0 Å². The van der Waals surface area contributed by atoms with Gasteiger partial charge in [0.15, 0.2) is 0 Å². The minimum atomic E-state index is -0.507. The lowest BCUT2D eigenvalue weighted by molar-refractivity contribution is 0.0532. The Labute approximate surface area is 175 Å². The molecule has 0 saturated carbocycles. The first-order valence-corrected chi connectivity index (χ1v) is 12.3. The van der Waals surface area contributed by atoms with Gasteiger partial charge >= 0.3 is 6.16 Å². The molecular weight excluding hydrogens is 348 g/mol. The van der Waals surface area contributed by atoms with Crippen molar-refractivity contribution in [1.82, 2.24) is 0 Å². The predicted molar refractivity (Wildman–Crippen MR) is 121 cm³/mol. The van der Waals surface area contributed by atoms with Gasteiger partial charge in [-0.3, -0.25) is 0 Å². The summed E-state index contributed by atoms with van der Waals surface area (Å²) in [7, 11) is 0. The van der Waals surface area contributed by atoms with Crippen molar-refractivity contribution in [3.05, 3.63) is 12.2 Å². The highest BCUT2D eigenvalue weighted by Gasteiger charge is 2.02. The van der Waals surface area contributed by atoms with E-state index in [4.69, 9.17) is 9.47 Å². The van der Waals surface area contributed by atoms with E-state index in [1.54, 1.807) is 0 Å². The van der Waals surface area contributed by atoms with Crippen LogP contribution in [0.25, 0.3) is 0 Å². The minimum absolute atomic E-state index is 0.475. The maximum Gasteiger partial charge on any atom is 0.508 e. The summed E-state index contributed by atoms with van der Waals surface area (Å²) in [6, 6.07) is 0. The molecule has 0 aliphatic heterocycles. The van der Waals surface area contributed by atoms with E-state index in [0.29, 0.717) is 13.2 Å². The van der Waals surface area contributed by atoms with Gasteiger partial charge in [0.2, 0.25) is 0 Å². The van der Waals surface area contributed by atoms with Crippen LogP contribution in [0.4, 0.5) is 4.79 Å². The Balaban J connectivity index is 3.14. The molecule has 0 rings (SSSR count). The number of carbonyl (C=O) groups is 1. The van der Waals surface area contributed by atoms with E-state index in [2.05, 4.69) is 26.0 Å². The molecule has 166 valence electrons. The van der Waals surface area contributed by atoms with Gasteiger partial charge in [0, 0.05) is 0 Å². The number of carbonyl (C=O) groups excluding carboxylic acids is 1. The first-order valence-electron chi connectivity index (χ1n) is 12.3. The molecule has 0 amide bonds. The lowest BCUT2D eigenvalue weighted by Gasteiger charge is -2.05. The Morgan fingerprint density at radius 1 is 0.536 bits per heavy atom. The van der Waals surface area contributed by atoms with Crippen molar-refractivity contribution in [2.75, 3.05) is 13.2 Å². The van der Waals surface area contributed by atoms with Crippen molar-refractivity contribution in [1.29, 1.82) is 0 Å². The van der Waals surface area contributed by atoms with Gasteiger partial charge in [0.05, 0.1) is 13.2 Å². The van der Waals surface area contributed by atoms with Gasteiger partial charge in [0.1, 0.15) is 0 Å². The van der Waals surface area contributed by atoms with Crippen LogP contribution in [0.2, 0.25) is 0 Å². The summed E-state index contributed by atoms with van der Waals surface area (Å²) in [5.74, 6) is 0. The smallest absolute Gasteiger partial charge is 0.434 e. The third-order valence-corrected chi connectivity index (χ3v) is 5.09. The van der Waals surface area contributed by atoms with Gasteiger partial charge < -0.3 is 9.47 Å². The average molecular weight is 397 g/mol. The van der Waals surface area contributed by atoms with E-state index in [0.717, 1.165) is 25.7 Å². The molecule has 3 heteroatoms. The van der Waals surface area contributed by atoms with Gasteiger partial charge in [0.25, 0.3) is 0 Å². The van der Waals surface area contributed by atoms with Crippen LogP contribution < -0.4 is 0 Å². The summed E-state index contributed by atoms with van der Waals surface area (Å²) in [6.45, 7) is 5.32. The van der Waals surface area contributed by atoms with Crippen LogP contribution in [0, 0.1) is 0 Å². The molecule has 0 aliphatic rings. The molecule has 0 aliphatic carbocycles. The molecule has 0 aromatic carbocycles. The van der Waals surface area contributed by atoms with Crippen LogP contribution in [0.5, 0.6) is 0 Å². The van der Waals surface area contributed by atoms with Gasteiger partial charge in [-0.2, -0.15) is 0 Å². The monoisotopic (exact) mass is 396 g/mol. The lowest BCUT2D eigenvalue weighted by atomic mass is 10.1. The average Bonchev–Trinajstić information content (AvgIpc) is 2.70. The summed E-state index contributed by atoms with van der Waals surface area (Å²) < 4.78 is 10.00. The van der Waals surface area contributed by atoms with E-state index < -0.39 is 6.16 Å². The second-order valence-corrected chi connectivity index (χ2v) is 7.95. The molecule has 0 radical (unpaired) electrons. The zero-order chi connectivity index (χ0) is 20.5. The first kappa shape index (κ1) is 27.0. The molecule has 0 spiro atoms. The second kappa shape index (κ2) is 24.0. The number of rotatable bonds is 21. The molecule has 0 bridgehead atoms.